The molecule has 25 heavy (non-hydrogen) atoms. The van der Waals surface area contributed by atoms with Crippen molar-refractivity contribution >= 4 is 17.7 Å². The summed E-state index contributed by atoms with van der Waals surface area (Å²) in [5, 5.41) is 2.99. The summed E-state index contributed by atoms with van der Waals surface area (Å²) in [5.74, 6) is 0.987. The van der Waals surface area contributed by atoms with Gasteiger partial charge in [0.25, 0.3) is 5.91 Å². The minimum atomic E-state index is -0.00989. The standard InChI is InChI=1S/C22H21NOS/c24-22(23-16-7-17-25-21-10-5-2-6-11-21)20-14-12-19(13-15-20)18-8-3-1-4-9-18/h1-6,8-15H,7,16-17H2,(H,23,24). The third-order valence-electron chi connectivity index (χ3n) is 3.87. The molecule has 0 bridgehead atoms. The normalized spacial score (nSPS) is 10.4. The van der Waals surface area contributed by atoms with Gasteiger partial charge in [-0.25, -0.2) is 0 Å². The Bertz CT molecular complexity index is 785. The maximum absolute atomic E-state index is 12.2. The van der Waals surface area contributed by atoms with Gasteiger partial charge < -0.3 is 5.32 Å². The molecule has 0 fully saturated rings. The molecule has 0 unspecified atom stereocenters. The fraction of sp³-hybridized carbons (Fsp3) is 0.136. The van der Waals surface area contributed by atoms with Crippen molar-refractivity contribution in [3.63, 3.8) is 0 Å². The van der Waals surface area contributed by atoms with Crippen molar-refractivity contribution < 1.29 is 4.79 Å². The highest BCUT2D eigenvalue weighted by Crippen LogP contribution is 2.19. The first-order valence-corrected chi connectivity index (χ1v) is 9.43. The van der Waals surface area contributed by atoms with Crippen LogP contribution in [0.15, 0.2) is 89.8 Å². The summed E-state index contributed by atoms with van der Waals surface area (Å²) in [6, 6.07) is 28.3. The number of benzene rings is 3. The number of amides is 1. The third-order valence-corrected chi connectivity index (χ3v) is 4.97. The Balaban J connectivity index is 1.44. The van der Waals surface area contributed by atoms with Crippen molar-refractivity contribution in [2.75, 3.05) is 12.3 Å². The van der Waals surface area contributed by atoms with Crippen LogP contribution in [0.5, 0.6) is 0 Å². The van der Waals surface area contributed by atoms with Crippen molar-refractivity contribution in [1.29, 1.82) is 0 Å². The fourth-order valence-corrected chi connectivity index (χ4v) is 3.40. The van der Waals surface area contributed by atoms with Gasteiger partial charge in [-0.3, -0.25) is 4.79 Å². The van der Waals surface area contributed by atoms with Crippen LogP contribution in [0.1, 0.15) is 16.8 Å². The molecule has 0 aromatic heterocycles. The van der Waals surface area contributed by atoms with Gasteiger partial charge in [-0.15, -0.1) is 11.8 Å². The van der Waals surface area contributed by atoms with Gasteiger partial charge in [-0.05, 0) is 47.6 Å². The monoisotopic (exact) mass is 347 g/mol. The Morgan fingerprint density at radius 3 is 2.04 bits per heavy atom. The van der Waals surface area contributed by atoms with Crippen molar-refractivity contribution in [2.24, 2.45) is 0 Å². The summed E-state index contributed by atoms with van der Waals surface area (Å²) < 4.78 is 0. The molecule has 3 heteroatoms. The number of hydrogen-bond donors (Lipinski definition) is 1. The predicted molar refractivity (Wildman–Crippen MR) is 106 cm³/mol. The zero-order valence-electron chi connectivity index (χ0n) is 14.0. The topological polar surface area (TPSA) is 29.1 Å². The van der Waals surface area contributed by atoms with Crippen molar-refractivity contribution in [3.8, 4) is 11.1 Å². The average molecular weight is 347 g/mol. The molecule has 126 valence electrons. The number of hydrogen-bond acceptors (Lipinski definition) is 2. The van der Waals surface area contributed by atoms with E-state index in [1.165, 1.54) is 4.90 Å². The van der Waals surface area contributed by atoms with Gasteiger partial charge in [-0.2, -0.15) is 0 Å². The molecule has 0 saturated carbocycles. The molecule has 1 N–H and O–H groups in total. The average Bonchev–Trinajstić information content (AvgIpc) is 2.69. The molecular weight excluding hydrogens is 326 g/mol. The minimum Gasteiger partial charge on any atom is -0.352 e. The Morgan fingerprint density at radius 2 is 1.36 bits per heavy atom. The van der Waals surface area contributed by atoms with Crippen molar-refractivity contribution in [1.82, 2.24) is 5.32 Å². The van der Waals surface area contributed by atoms with E-state index in [9.17, 15) is 4.79 Å². The maximum Gasteiger partial charge on any atom is 0.251 e. The molecule has 2 nitrogen and oxygen atoms in total. The van der Waals surface area contributed by atoms with Crippen LogP contribution in [0.2, 0.25) is 0 Å². The molecule has 0 radical (unpaired) electrons. The number of rotatable bonds is 7. The molecule has 0 aliphatic rings. The van der Waals surface area contributed by atoms with Crippen molar-refractivity contribution in [2.45, 2.75) is 11.3 Å². The van der Waals surface area contributed by atoms with Gasteiger partial charge in [0.15, 0.2) is 0 Å². The van der Waals surface area contributed by atoms with E-state index in [2.05, 4.69) is 29.6 Å². The second-order valence-electron chi connectivity index (χ2n) is 5.71. The molecule has 3 aromatic rings. The van der Waals surface area contributed by atoms with E-state index in [-0.39, 0.29) is 5.91 Å². The van der Waals surface area contributed by atoms with Gasteiger partial charge in [0.05, 0.1) is 0 Å². The van der Waals surface area contributed by atoms with E-state index in [1.54, 1.807) is 0 Å². The second kappa shape index (κ2) is 9.09. The third kappa shape index (κ3) is 5.23. The van der Waals surface area contributed by atoms with Crippen LogP contribution in [0.3, 0.4) is 0 Å². The zero-order chi connectivity index (χ0) is 17.3. The Kier molecular flexibility index (Phi) is 6.29. The van der Waals surface area contributed by atoms with E-state index in [4.69, 9.17) is 0 Å². The van der Waals surface area contributed by atoms with Crippen LogP contribution in [0.4, 0.5) is 0 Å². The van der Waals surface area contributed by atoms with Crippen LogP contribution in [0, 0.1) is 0 Å². The molecule has 0 atom stereocenters. The molecule has 0 heterocycles. The molecule has 1 amide bonds. The summed E-state index contributed by atoms with van der Waals surface area (Å²) in [6.45, 7) is 0.694. The number of carbonyl (C=O) groups is 1. The lowest BCUT2D eigenvalue weighted by molar-refractivity contribution is 0.0954. The molecular formula is C22H21NOS. The van der Waals surface area contributed by atoms with E-state index in [0.29, 0.717) is 12.1 Å². The lowest BCUT2D eigenvalue weighted by Gasteiger charge is -2.07. The number of carbonyl (C=O) groups excluding carboxylic acids is 1. The lowest BCUT2D eigenvalue weighted by atomic mass is 10.0. The maximum atomic E-state index is 12.2. The van der Waals surface area contributed by atoms with E-state index in [1.807, 2.05) is 72.4 Å². The first kappa shape index (κ1) is 17.3. The van der Waals surface area contributed by atoms with Gasteiger partial charge in [0.2, 0.25) is 0 Å². The second-order valence-corrected chi connectivity index (χ2v) is 6.88. The summed E-state index contributed by atoms with van der Waals surface area (Å²) in [5.41, 5.74) is 2.99. The Labute approximate surface area is 153 Å². The zero-order valence-corrected chi connectivity index (χ0v) is 14.8. The van der Waals surface area contributed by atoms with Crippen LogP contribution in [-0.4, -0.2) is 18.2 Å². The first-order chi connectivity index (χ1) is 12.3. The highest BCUT2D eigenvalue weighted by Gasteiger charge is 2.05. The predicted octanol–water partition coefficient (Wildman–Crippen LogP) is 5.27. The minimum absolute atomic E-state index is 0.00989. The van der Waals surface area contributed by atoms with Crippen LogP contribution in [0.25, 0.3) is 11.1 Å². The van der Waals surface area contributed by atoms with Crippen LogP contribution >= 0.6 is 11.8 Å². The summed E-state index contributed by atoms with van der Waals surface area (Å²) >= 11 is 1.82. The van der Waals surface area contributed by atoms with Gasteiger partial charge in [0, 0.05) is 17.0 Å². The van der Waals surface area contributed by atoms with E-state index >= 15 is 0 Å². The summed E-state index contributed by atoms with van der Waals surface area (Å²) in [4.78, 5) is 13.5. The summed E-state index contributed by atoms with van der Waals surface area (Å²) in [6.07, 6.45) is 0.952. The number of thioether (sulfide) groups is 1. The molecule has 3 aromatic carbocycles. The fourth-order valence-electron chi connectivity index (χ4n) is 2.53. The Morgan fingerprint density at radius 1 is 0.760 bits per heavy atom. The number of nitrogens with one attached hydrogen (secondary N) is 1. The van der Waals surface area contributed by atoms with Crippen LogP contribution < -0.4 is 5.32 Å². The molecule has 0 aliphatic heterocycles. The molecule has 0 aliphatic carbocycles. The van der Waals surface area contributed by atoms with E-state index < -0.39 is 0 Å². The van der Waals surface area contributed by atoms with E-state index in [0.717, 1.165) is 23.3 Å². The quantitative estimate of drug-likeness (QED) is 0.466. The molecule has 0 saturated heterocycles. The smallest absolute Gasteiger partial charge is 0.251 e. The van der Waals surface area contributed by atoms with Crippen LogP contribution in [-0.2, 0) is 0 Å². The Hall–Kier alpha value is -2.52. The highest BCUT2D eigenvalue weighted by molar-refractivity contribution is 7.99. The largest absolute Gasteiger partial charge is 0.352 e. The molecule has 0 spiro atoms. The van der Waals surface area contributed by atoms with Gasteiger partial charge in [0.1, 0.15) is 0 Å². The van der Waals surface area contributed by atoms with Gasteiger partial charge >= 0.3 is 0 Å². The highest BCUT2D eigenvalue weighted by atomic mass is 32.2. The SMILES string of the molecule is O=C(NCCCSc1ccccc1)c1ccc(-c2ccccc2)cc1. The van der Waals surface area contributed by atoms with Gasteiger partial charge in [-0.1, -0.05) is 60.7 Å². The van der Waals surface area contributed by atoms with Crippen molar-refractivity contribution in [3.05, 3.63) is 90.5 Å². The first-order valence-electron chi connectivity index (χ1n) is 8.44. The lowest BCUT2D eigenvalue weighted by Crippen LogP contribution is -2.24. The summed E-state index contributed by atoms with van der Waals surface area (Å²) in [7, 11) is 0. The molecule has 3 rings (SSSR count).